The fourth-order valence-electron chi connectivity index (χ4n) is 4.36. The third kappa shape index (κ3) is 5.31. The van der Waals surface area contributed by atoms with Gasteiger partial charge in [0.05, 0.1) is 17.7 Å². The Labute approximate surface area is 196 Å². The number of rotatable bonds is 6. The van der Waals surface area contributed by atoms with Crippen LogP contribution >= 0.6 is 0 Å². The lowest BCUT2D eigenvalue weighted by molar-refractivity contribution is 0.406. The number of anilines is 2. The van der Waals surface area contributed by atoms with Crippen LogP contribution in [-0.2, 0) is 10.0 Å². The van der Waals surface area contributed by atoms with Gasteiger partial charge in [0.1, 0.15) is 5.75 Å². The van der Waals surface area contributed by atoms with Crippen LogP contribution in [0.25, 0.3) is 11.1 Å². The third-order valence-electron chi connectivity index (χ3n) is 5.87. The number of hydrogen-bond acceptors (Lipinski definition) is 5. The number of nitrogens with zero attached hydrogens (tertiary/aromatic N) is 1. The first-order chi connectivity index (χ1) is 15.7. The van der Waals surface area contributed by atoms with Crippen molar-refractivity contribution in [3.8, 4) is 16.9 Å². The molecule has 174 valence electrons. The van der Waals surface area contributed by atoms with E-state index in [1.165, 1.54) is 0 Å². The van der Waals surface area contributed by atoms with Crippen molar-refractivity contribution >= 4 is 21.4 Å². The number of methoxy groups -OCH3 is 1. The summed E-state index contributed by atoms with van der Waals surface area (Å²) in [7, 11) is -2.24. The number of benzene rings is 3. The van der Waals surface area contributed by atoms with Crippen molar-refractivity contribution in [2.45, 2.75) is 37.8 Å². The fourth-order valence-corrected chi connectivity index (χ4v) is 5.43. The Morgan fingerprint density at radius 2 is 1.64 bits per heavy atom. The Morgan fingerprint density at radius 1 is 0.939 bits per heavy atom. The first-order valence-corrected chi connectivity index (χ1v) is 12.6. The van der Waals surface area contributed by atoms with Crippen molar-refractivity contribution in [1.82, 2.24) is 5.32 Å². The summed E-state index contributed by atoms with van der Waals surface area (Å²) in [5.74, 6) is 0.481. The van der Waals surface area contributed by atoms with Crippen LogP contribution in [0.15, 0.2) is 71.6 Å². The molecule has 1 aliphatic heterocycles. The number of nitrogens with one attached hydrogen (secondary N) is 2. The van der Waals surface area contributed by atoms with Crippen molar-refractivity contribution in [1.29, 1.82) is 0 Å². The first kappa shape index (κ1) is 23.1. The van der Waals surface area contributed by atoms with Crippen LogP contribution in [0.3, 0.4) is 0 Å². The molecule has 0 radical (unpaired) electrons. The summed E-state index contributed by atoms with van der Waals surface area (Å²) in [5, 5.41) is 3.52. The van der Waals surface area contributed by atoms with E-state index in [9.17, 15) is 8.42 Å². The molecule has 1 aliphatic rings. The minimum Gasteiger partial charge on any atom is -0.495 e. The van der Waals surface area contributed by atoms with E-state index < -0.39 is 10.0 Å². The van der Waals surface area contributed by atoms with Gasteiger partial charge in [-0.15, -0.1) is 0 Å². The molecule has 1 saturated heterocycles. The average Bonchev–Trinajstić information content (AvgIpc) is 2.78. The Hall–Kier alpha value is -3.03. The molecule has 0 amide bonds. The van der Waals surface area contributed by atoms with Crippen molar-refractivity contribution in [2.75, 3.05) is 29.8 Å². The molecule has 33 heavy (non-hydrogen) atoms. The zero-order valence-corrected chi connectivity index (χ0v) is 20.3. The van der Waals surface area contributed by atoms with Crippen molar-refractivity contribution in [3.05, 3.63) is 72.3 Å². The highest BCUT2D eigenvalue weighted by atomic mass is 32.2. The molecule has 0 bridgehead atoms. The van der Waals surface area contributed by atoms with Crippen LogP contribution in [0.2, 0.25) is 0 Å². The standard InChI is InChI=1S/C26H31N3O3S/c1-18-6-5-7-22(14-18)21-8-11-24(12-9-21)33(30,31)28-25-15-23(10-13-26(25)32-4)29-16-19(2)27-20(3)17-29/h5-15,19-20,27-28H,16-17H2,1-4H3. The van der Waals surface area contributed by atoms with Gasteiger partial charge < -0.3 is 15.0 Å². The largest absolute Gasteiger partial charge is 0.495 e. The summed E-state index contributed by atoms with van der Waals surface area (Å²) in [5.41, 5.74) is 4.58. The van der Waals surface area contributed by atoms with Gasteiger partial charge in [0.25, 0.3) is 10.0 Å². The van der Waals surface area contributed by atoms with E-state index in [0.717, 1.165) is 35.5 Å². The van der Waals surface area contributed by atoms with Gasteiger partial charge in [0.15, 0.2) is 0 Å². The second-order valence-corrected chi connectivity index (χ2v) is 10.4. The van der Waals surface area contributed by atoms with Gasteiger partial charge in [-0.3, -0.25) is 4.72 Å². The number of ether oxygens (including phenoxy) is 1. The SMILES string of the molecule is COc1ccc(N2CC(C)NC(C)C2)cc1NS(=O)(=O)c1ccc(-c2cccc(C)c2)cc1. The van der Waals surface area contributed by atoms with Crippen LogP contribution in [0.4, 0.5) is 11.4 Å². The molecule has 0 aliphatic carbocycles. The van der Waals surface area contributed by atoms with Gasteiger partial charge in [-0.1, -0.05) is 42.0 Å². The van der Waals surface area contributed by atoms with Gasteiger partial charge in [0, 0.05) is 30.9 Å². The maximum absolute atomic E-state index is 13.2. The molecule has 0 aromatic heterocycles. The monoisotopic (exact) mass is 465 g/mol. The van der Waals surface area contributed by atoms with Crippen LogP contribution in [0.1, 0.15) is 19.4 Å². The lowest BCUT2D eigenvalue weighted by atomic mass is 10.0. The second-order valence-electron chi connectivity index (χ2n) is 8.76. The topological polar surface area (TPSA) is 70.7 Å². The van der Waals surface area contributed by atoms with Gasteiger partial charge in [-0.2, -0.15) is 0 Å². The molecule has 6 nitrogen and oxygen atoms in total. The molecular formula is C26H31N3O3S. The van der Waals surface area contributed by atoms with Gasteiger partial charge in [0.2, 0.25) is 0 Å². The summed E-state index contributed by atoms with van der Waals surface area (Å²) in [4.78, 5) is 2.47. The lowest BCUT2D eigenvalue weighted by Crippen LogP contribution is -2.54. The minimum atomic E-state index is -3.78. The minimum absolute atomic E-state index is 0.204. The molecule has 1 heterocycles. The smallest absolute Gasteiger partial charge is 0.262 e. The highest BCUT2D eigenvalue weighted by Gasteiger charge is 2.23. The average molecular weight is 466 g/mol. The maximum atomic E-state index is 13.2. The fraction of sp³-hybridized carbons (Fsp3) is 0.308. The van der Waals surface area contributed by atoms with Gasteiger partial charge >= 0.3 is 0 Å². The van der Waals surface area contributed by atoms with Crippen molar-refractivity contribution in [2.24, 2.45) is 0 Å². The number of hydrogen-bond donors (Lipinski definition) is 2. The highest BCUT2D eigenvalue weighted by Crippen LogP contribution is 2.32. The normalized spacial score (nSPS) is 18.7. The highest BCUT2D eigenvalue weighted by molar-refractivity contribution is 7.92. The van der Waals surface area contributed by atoms with Crippen molar-refractivity contribution in [3.63, 3.8) is 0 Å². The Bertz CT molecular complexity index is 1220. The number of piperazine rings is 1. The summed E-state index contributed by atoms with van der Waals surface area (Å²) in [6.45, 7) is 8.04. The molecular weight excluding hydrogens is 434 g/mol. The van der Waals surface area contributed by atoms with Crippen LogP contribution in [0.5, 0.6) is 5.75 Å². The molecule has 0 saturated carbocycles. The zero-order chi connectivity index (χ0) is 23.6. The molecule has 0 spiro atoms. The quantitative estimate of drug-likeness (QED) is 0.554. The van der Waals surface area contributed by atoms with Crippen LogP contribution in [-0.4, -0.2) is 40.7 Å². The predicted octanol–water partition coefficient (Wildman–Crippen LogP) is 4.66. The zero-order valence-electron chi connectivity index (χ0n) is 19.5. The molecule has 3 aromatic carbocycles. The molecule has 1 fully saturated rings. The summed E-state index contributed by atoms with van der Waals surface area (Å²) >= 11 is 0. The summed E-state index contributed by atoms with van der Waals surface area (Å²) in [6.07, 6.45) is 0. The molecule has 2 atom stereocenters. The van der Waals surface area contributed by atoms with E-state index in [2.05, 4.69) is 34.9 Å². The Balaban J connectivity index is 1.59. The van der Waals surface area contributed by atoms with Gasteiger partial charge in [-0.05, 0) is 62.2 Å². The molecule has 3 aromatic rings. The Morgan fingerprint density at radius 3 is 2.27 bits per heavy atom. The number of sulfonamides is 1. The van der Waals surface area contributed by atoms with Crippen LogP contribution in [0, 0.1) is 6.92 Å². The predicted molar refractivity (Wildman–Crippen MR) is 135 cm³/mol. The van der Waals surface area contributed by atoms with E-state index in [-0.39, 0.29) is 4.90 Å². The van der Waals surface area contributed by atoms with Crippen molar-refractivity contribution < 1.29 is 13.2 Å². The molecule has 2 N–H and O–H groups in total. The van der Waals surface area contributed by atoms with Gasteiger partial charge in [-0.25, -0.2) is 8.42 Å². The van der Waals surface area contributed by atoms with E-state index in [4.69, 9.17) is 4.74 Å². The molecule has 2 unspecified atom stereocenters. The number of aryl methyl sites for hydroxylation is 1. The lowest BCUT2D eigenvalue weighted by Gasteiger charge is -2.38. The Kier molecular flexibility index (Phi) is 6.63. The molecule has 4 rings (SSSR count). The van der Waals surface area contributed by atoms with Crippen LogP contribution < -0.4 is 19.7 Å². The molecule has 7 heteroatoms. The maximum Gasteiger partial charge on any atom is 0.262 e. The second kappa shape index (κ2) is 9.45. The summed E-state index contributed by atoms with van der Waals surface area (Å²) in [6, 6.07) is 21.4. The third-order valence-corrected chi connectivity index (χ3v) is 7.25. The summed E-state index contributed by atoms with van der Waals surface area (Å²) < 4.78 is 34.5. The van der Waals surface area contributed by atoms with E-state index >= 15 is 0 Å². The van der Waals surface area contributed by atoms with E-state index in [1.807, 2.05) is 55.5 Å². The van der Waals surface area contributed by atoms with E-state index in [1.54, 1.807) is 19.2 Å². The van der Waals surface area contributed by atoms with E-state index in [0.29, 0.717) is 23.5 Å². The first-order valence-electron chi connectivity index (χ1n) is 11.1.